The molecule has 6 nitrogen and oxygen atoms in total. The first-order valence-electron chi connectivity index (χ1n) is 9.18. The van der Waals surface area contributed by atoms with E-state index in [-0.39, 0.29) is 17.2 Å². The molecule has 0 bridgehead atoms. The first-order valence-corrected chi connectivity index (χ1v) is 9.18. The SMILES string of the molecule is Cc1ccc(OC(C)C(=O)Nc2c(C)n(C)n(-c3ccccc3)c2=O)c(C)c1. The van der Waals surface area contributed by atoms with Crippen molar-refractivity contribution in [3.8, 4) is 11.4 Å². The summed E-state index contributed by atoms with van der Waals surface area (Å²) < 4.78 is 9.06. The smallest absolute Gasteiger partial charge is 0.295 e. The van der Waals surface area contributed by atoms with Gasteiger partial charge in [0, 0.05) is 7.05 Å². The van der Waals surface area contributed by atoms with Crippen molar-refractivity contribution in [1.29, 1.82) is 0 Å². The van der Waals surface area contributed by atoms with E-state index in [4.69, 9.17) is 4.74 Å². The van der Waals surface area contributed by atoms with Gasteiger partial charge in [0.2, 0.25) is 0 Å². The minimum Gasteiger partial charge on any atom is -0.481 e. The van der Waals surface area contributed by atoms with Crippen molar-refractivity contribution in [2.24, 2.45) is 7.05 Å². The van der Waals surface area contributed by atoms with Crippen molar-refractivity contribution in [1.82, 2.24) is 9.36 Å². The van der Waals surface area contributed by atoms with Crippen LogP contribution in [0.1, 0.15) is 23.7 Å². The van der Waals surface area contributed by atoms with Crippen LogP contribution in [0.4, 0.5) is 5.69 Å². The summed E-state index contributed by atoms with van der Waals surface area (Å²) in [7, 11) is 1.79. The lowest BCUT2D eigenvalue weighted by molar-refractivity contribution is -0.122. The van der Waals surface area contributed by atoms with E-state index in [1.54, 1.807) is 25.6 Å². The van der Waals surface area contributed by atoms with Gasteiger partial charge in [0.15, 0.2) is 6.10 Å². The molecule has 0 fully saturated rings. The van der Waals surface area contributed by atoms with Crippen molar-refractivity contribution in [2.45, 2.75) is 33.8 Å². The van der Waals surface area contributed by atoms with Gasteiger partial charge in [0.25, 0.3) is 11.5 Å². The molecular formula is C22H25N3O3. The summed E-state index contributed by atoms with van der Waals surface area (Å²) in [5.74, 6) is 0.283. The minimum absolute atomic E-state index is 0.257. The maximum Gasteiger partial charge on any atom is 0.295 e. The van der Waals surface area contributed by atoms with Crippen LogP contribution in [0.5, 0.6) is 5.75 Å². The number of amides is 1. The minimum atomic E-state index is -0.745. The second-order valence-electron chi connectivity index (χ2n) is 6.95. The number of benzene rings is 2. The second kappa shape index (κ2) is 7.76. The van der Waals surface area contributed by atoms with Gasteiger partial charge in [-0.05, 0) is 51.5 Å². The molecule has 3 aromatic rings. The molecule has 1 amide bonds. The molecule has 1 heterocycles. The maximum atomic E-state index is 12.9. The average Bonchev–Trinajstić information content (AvgIpc) is 2.88. The van der Waals surface area contributed by atoms with Crippen LogP contribution >= 0.6 is 0 Å². The normalized spacial score (nSPS) is 11.9. The van der Waals surface area contributed by atoms with Crippen LogP contribution in [0.15, 0.2) is 53.3 Å². The zero-order chi connectivity index (χ0) is 20.4. The Kier molecular flexibility index (Phi) is 5.40. The number of anilines is 1. The largest absolute Gasteiger partial charge is 0.481 e. The Morgan fingerprint density at radius 3 is 2.39 bits per heavy atom. The highest BCUT2D eigenvalue weighted by Crippen LogP contribution is 2.21. The Bertz CT molecular complexity index is 1060. The summed E-state index contributed by atoms with van der Waals surface area (Å²) >= 11 is 0. The van der Waals surface area contributed by atoms with Crippen molar-refractivity contribution >= 4 is 11.6 Å². The van der Waals surface area contributed by atoms with E-state index >= 15 is 0 Å². The standard InChI is InChI=1S/C22H25N3O3/c1-14-11-12-19(15(2)13-14)28-17(4)21(26)23-20-16(3)24(5)25(22(20)27)18-9-7-6-8-10-18/h6-13,17H,1-5H3,(H,23,26). The summed E-state index contributed by atoms with van der Waals surface area (Å²) in [5.41, 5.74) is 3.47. The number of nitrogens with zero attached hydrogens (tertiary/aromatic N) is 2. The van der Waals surface area contributed by atoms with Crippen molar-refractivity contribution in [2.75, 3.05) is 5.32 Å². The molecule has 6 heteroatoms. The van der Waals surface area contributed by atoms with Gasteiger partial charge in [-0.25, -0.2) is 4.68 Å². The summed E-state index contributed by atoms with van der Waals surface area (Å²) in [4.78, 5) is 25.6. The molecule has 0 aliphatic rings. The third kappa shape index (κ3) is 3.71. The van der Waals surface area contributed by atoms with Gasteiger partial charge in [-0.3, -0.25) is 14.3 Å². The highest BCUT2D eigenvalue weighted by Gasteiger charge is 2.22. The van der Waals surface area contributed by atoms with E-state index in [1.807, 2.05) is 62.4 Å². The third-order valence-corrected chi connectivity index (χ3v) is 4.81. The lowest BCUT2D eigenvalue weighted by Gasteiger charge is -2.16. The quantitative estimate of drug-likeness (QED) is 0.738. The van der Waals surface area contributed by atoms with Crippen LogP contribution in [-0.4, -0.2) is 21.4 Å². The topological polar surface area (TPSA) is 65.3 Å². The third-order valence-electron chi connectivity index (χ3n) is 4.81. The second-order valence-corrected chi connectivity index (χ2v) is 6.95. The van der Waals surface area contributed by atoms with Gasteiger partial charge >= 0.3 is 0 Å². The lowest BCUT2D eigenvalue weighted by atomic mass is 10.1. The number of rotatable bonds is 5. The molecule has 1 atom stereocenters. The summed E-state index contributed by atoms with van der Waals surface area (Å²) in [5, 5.41) is 2.74. The fourth-order valence-electron chi connectivity index (χ4n) is 3.11. The van der Waals surface area contributed by atoms with E-state index in [2.05, 4.69) is 5.32 Å². The maximum absolute atomic E-state index is 12.9. The van der Waals surface area contributed by atoms with E-state index in [9.17, 15) is 9.59 Å². The van der Waals surface area contributed by atoms with Crippen LogP contribution in [0.3, 0.4) is 0 Å². The molecule has 0 saturated heterocycles. The first-order chi connectivity index (χ1) is 13.3. The lowest BCUT2D eigenvalue weighted by Crippen LogP contribution is -2.32. The number of carbonyl (C=O) groups excluding carboxylic acids is 1. The molecule has 3 rings (SSSR count). The number of ether oxygens (including phenoxy) is 1. The Morgan fingerprint density at radius 1 is 1.07 bits per heavy atom. The monoisotopic (exact) mass is 379 g/mol. The molecule has 0 aliphatic carbocycles. The fourth-order valence-corrected chi connectivity index (χ4v) is 3.11. The Hall–Kier alpha value is -3.28. The molecule has 1 aromatic heterocycles. The van der Waals surface area contributed by atoms with Crippen molar-refractivity contribution < 1.29 is 9.53 Å². The highest BCUT2D eigenvalue weighted by molar-refractivity contribution is 5.94. The molecule has 146 valence electrons. The number of carbonyl (C=O) groups is 1. The first kappa shape index (κ1) is 19.5. The molecule has 1 unspecified atom stereocenters. The molecule has 2 aromatic carbocycles. The van der Waals surface area contributed by atoms with Gasteiger partial charge in [0.05, 0.1) is 11.4 Å². The Balaban J connectivity index is 1.83. The highest BCUT2D eigenvalue weighted by atomic mass is 16.5. The molecule has 0 saturated carbocycles. The zero-order valence-corrected chi connectivity index (χ0v) is 16.8. The van der Waals surface area contributed by atoms with Gasteiger partial charge < -0.3 is 10.1 Å². The Labute approximate surface area is 164 Å². The van der Waals surface area contributed by atoms with E-state index in [0.717, 1.165) is 16.8 Å². The van der Waals surface area contributed by atoms with Gasteiger partial charge in [-0.2, -0.15) is 0 Å². The molecule has 0 spiro atoms. The number of nitrogens with one attached hydrogen (secondary N) is 1. The average molecular weight is 379 g/mol. The number of aryl methyl sites for hydroxylation is 2. The molecule has 0 radical (unpaired) electrons. The van der Waals surface area contributed by atoms with Crippen LogP contribution in [-0.2, 0) is 11.8 Å². The molecule has 28 heavy (non-hydrogen) atoms. The molecule has 1 N–H and O–H groups in total. The van der Waals surface area contributed by atoms with Crippen LogP contribution in [0.2, 0.25) is 0 Å². The predicted octanol–water partition coefficient (Wildman–Crippen LogP) is 3.51. The number of hydrogen-bond donors (Lipinski definition) is 1. The molecular weight excluding hydrogens is 354 g/mol. The zero-order valence-electron chi connectivity index (χ0n) is 16.8. The fraction of sp³-hybridized carbons (Fsp3) is 0.273. The van der Waals surface area contributed by atoms with E-state index in [0.29, 0.717) is 11.4 Å². The number of aromatic nitrogens is 2. The molecule has 0 aliphatic heterocycles. The van der Waals surface area contributed by atoms with E-state index < -0.39 is 6.10 Å². The summed E-state index contributed by atoms with van der Waals surface area (Å²) in [6.07, 6.45) is -0.745. The van der Waals surface area contributed by atoms with Crippen molar-refractivity contribution in [3.63, 3.8) is 0 Å². The van der Waals surface area contributed by atoms with Gasteiger partial charge in [-0.1, -0.05) is 35.9 Å². The Morgan fingerprint density at radius 2 is 1.75 bits per heavy atom. The predicted molar refractivity (Wildman–Crippen MR) is 110 cm³/mol. The van der Waals surface area contributed by atoms with Crippen LogP contribution in [0.25, 0.3) is 5.69 Å². The van der Waals surface area contributed by atoms with Gasteiger partial charge in [-0.15, -0.1) is 0 Å². The number of para-hydroxylation sites is 1. The van der Waals surface area contributed by atoms with Crippen molar-refractivity contribution in [3.05, 3.63) is 75.7 Å². The van der Waals surface area contributed by atoms with Crippen LogP contribution < -0.4 is 15.6 Å². The van der Waals surface area contributed by atoms with Gasteiger partial charge in [0.1, 0.15) is 11.4 Å². The summed E-state index contributed by atoms with van der Waals surface area (Å²) in [6.45, 7) is 7.41. The van der Waals surface area contributed by atoms with Crippen LogP contribution in [0, 0.1) is 20.8 Å². The number of hydrogen-bond acceptors (Lipinski definition) is 3. The van der Waals surface area contributed by atoms with E-state index in [1.165, 1.54) is 4.68 Å². The summed E-state index contributed by atoms with van der Waals surface area (Å²) in [6, 6.07) is 15.1.